The fourth-order valence-corrected chi connectivity index (χ4v) is 2.32. The van der Waals surface area contributed by atoms with Gasteiger partial charge in [-0.1, -0.05) is 0 Å². The molecule has 1 N–H and O–H groups in total. The number of aromatic nitrogens is 1. The SMILES string of the molecule is Cc1cc(C(=O)NC(C)C)c(C)n1-c1ccc(F)cc1. The highest BCUT2D eigenvalue weighted by atomic mass is 19.1. The van der Waals surface area contributed by atoms with Crippen LogP contribution in [0.3, 0.4) is 0 Å². The van der Waals surface area contributed by atoms with Gasteiger partial charge in [-0.3, -0.25) is 4.79 Å². The Morgan fingerprint density at radius 2 is 1.80 bits per heavy atom. The second kappa shape index (κ2) is 5.49. The van der Waals surface area contributed by atoms with Gasteiger partial charge < -0.3 is 9.88 Å². The lowest BCUT2D eigenvalue weighted by Crippen LogP contribution is -2.30. The number of aryl methyl sites for hydroxylation is 1. The molecule has 3 nitrogen and oxygen atoms in total. The summed E-state index contributed by atoms with van der Waals surface area (Å²) in [6, 6.07) is 8.20. The molecule has 0 radical (unpaired) electrons. The van der Waals surface area contributed by atoms with E-state index in [1.807, 2.05) is 38.3 Å². The fourth-order valence-electron chi connectivity index (χ4n) is 2.32. The molecule has 0 aliphatic heterocycles. The molecule has 0 bridgehead atoms. The topological polar surface area (TPSA) is 34.0 Å². The summed E-state index contributed by atoms with van der Waals surface area (Å²) in [5.41, 5.74) is 3.31. The number of amides is 1. The van der Waals surface area contributed by atoms with Crippen LogP contribution in [-0.4, -0.2) is 16.5 Å². The first-order valence-electron chi connectivity index (χ1n) is 6.66. The maximum absolute atomic E-state index is 13.0. The fraction of sp³-hybridized carbons (Fsp3) is 0.312. The number of carbonyl (C=O) groups is 1. The Hall–Kier alpha value is -2.10. The van der Waals surface area contributed by atoms with E-state index in [0.717, 1.165) is 17.1 Å². The second-order valence-electron chi connectivity index (χ2n) is 5.22. The van der Waals surface area contributed by atoms with Crippen molar-refractivity contribution in [2.24, 2.45) is 0 Å². The summed E-state index contributed by atoms with van der Waals surface area (Å²) in [6.07, 6.45) is 0. The Labute approximate surface area is 118 Å². The predicted molar refractivity (Wildman–Crippen MR) is 77.8 cm³/mol. The molecule has 106 valence electrons. The van der Waals surface area contributed by atoms with Crippen molar-refractivity contribution >= 4 is 5.91 Å². The van der Waals surface area contributed by atoms with Gasteiger partial charge in [0.1, 0.15) is 5.82 Å². The van der Waals surface area contributed by atoms with Crippen molar-refractivity contribution in [2.75, 3.05) is 0 Å². The molecular weight excluding hydrogens is 255 g/mol. The lowest BCUT2D eigenvalue weighted by atomic mass is 10.2. The lowest BCUT2D eigenvalue weighted by Gasteiger charge is -2.11. The van der Waals surface area contributed by atoms with Crippen molar-refractivity contribution in [3.63, 3.8) is 0 Å². The molecule has 0 fully saturated rings. The van der Waals surface area contributed by atoms with E-state index in [-0.39, 0.29) is 17.8 Å². The normalized spacial score (nSPS) is 10.9. The van der Waals surface area contributed by atoms with Gasteiger partial charge in [-0.15, -0.1) is 0 Å². The number of rotatable bonds is 3. The van der Waals surface area contributed by atoms with Crippen LogP contribution in [0.15, 0.2) is 30.3 Å². The first kappa shape index (κ1) is 14.3. The maximum atomic E-state index is 13.0. The minimum atomic E-state index is -0.269. The van der Waals surface area contributed by atoms with E-state index in [9.17, 15) is 9.18 Å². The van der Waals surface area contributed by atoms with Gasteiger partial charge in [0, 0.05) is 23.1 Å². The van der Waals surface area contributed by atoms with Gasteiger partial charge in [0.2, 0.25) is 0 Å². The average molecular weight is 274 g/mol. The van der Waals surface area contributed by atoms with Crippen LogP contribution >= 0.6 is 0 Å². The van der Waals surface area contributed by atoms with Crippen molar-refractivity contribution in [3.8, 4) is 5.69 Å². The molecule has 0 saturated heterocycles. The zero-order valence-electron chi connectivity index (χ0n) is 12.2. The summed E-state index contributed by atoms with van der Waals surface area (Å²) in [7, 11) is 0. The Balaban J connectivity index is 2.43. The minimum absolute atomic E-state index is 0.0820. The highest BCUT2D eigenvalue weighted by Gasteiger charge is 2.17. The van der Waals surface area contributed by atoms with Crippen molar-refractivity contribution in [1.82, 2.24) is 9.88 Å². The molecule has 0 aliphatic rings. The van der Waals surface area contributed by atoms with Gasteiger partial charge in [0.15, 0.2) is 0 Å². The summed E-state index contributed by atoms with van der Waals surface area (Å²) < 4.78 is 15.0. The van der Waals surface area contributed by atoms with Crippen LogP contribution in [0.5, 0.6) is 0 Å². The van der Waals surface area contributed by atoms with E-state index in [4.69, 9.17) is 0 Å². The molecule has 0 saturated carbocycles. The van der Waals surface area contributed by atoms with Gasteiger partial charge in [-0.25, -0.2) is 4.39 Å². The zero-order valence-corrected chi connectivity index (χ0v) is 12.2. The molecule has 2 aromatic rings. The van der Waals surface area contributed by atoms with Gasteiger partial charge in [0.05, 0.1) is 5.56 Å². The summed E-state index contributed by atoms with van der Waals surface area (Å²) >= 11 is 0. The highest BCUT2D eigenvalue weighted by molar-refractivity contribution is 5.96. The molecular formula is C16H19FN2O. The van der Waals surface area contributed by atoms with Gasteiger partial charge >= 0.3 is 0 Å². The smallest absolute Gasteiger partial charge is 0.253 e. The standard InChI is InChI=1S/C16H19FN2O/c1-10(2)18-16(20)15-9-11(3)19(12(15)4)14-7-5-13(17)6-8-14/h5-10H,1-4H3,(H,18,20). The van der Waals surface area contributed by atoms with Gasteiger partial charge in [-0.05, 0) is 58.0 Å². The third-order valence-corrected chi connectivity index (χ3v) is 3.18. The molecule has 0 atom stereocenters. The second-order valence-corrected chi connectivity index (χ2v) is 5.22. The van der Waals surface area contributed by atoms with Crippen molar-refractivity contribution in [1.29, 1.82) is 0 Å². The Kier molecular flexibility index (Phi) is 3.93. The molecule has 2 rings (SSSR count). The van der Waals surface area contributed by atoms with Gasteiger partial charge in [0.25, 0.3) is 5.91 Å². The number of nitrogens with zero attached hydrogens (tertiary/aromatic N) is 1. The number of nitrogens with one attached hydrogen (secondary N) is 1. The molecule has 4 heteroatoms. The lowest BCUT2D eigenvalue weighted by molar-refractivity contribution is 0.0942. The Morgan fingerprint density at radius 3 is 2.35 bits per heavy atom. The molecule has 0 aliphatic carbocycles. The third kappa shape index (κ3) is 2.74. The van der Waals surface area contributed by atoms with Crippen LogP contribution in [-0.2, 0) is 0 Å². The van der Waals surface area contributed by atoms with Gasteiger partial charge in [-0.2, -0.15) is 0 Å². The molecule has 1 heterocycles. The Bertz CT molecular complexity index is 627. The summed E-state index contributed by atoms with van der Waals surface area (Å²) in [5.74, 6) is -0.351. The van der Waals surface area contributed by atoms with E-state index in [1.165, 1.54) is 12.1 Å². The molecule has 1 amide bonds. The predicted octanol–water partition coefficient (Wildman–Crippen LogP) is 3.37. The number of carbonyl (C=O) groups excluding carboxylic acids is 1. The number of hydrogen-bond acceptors (Lipinski definition) is 1. The van der Waals surface area contributed by atoms with Crippen LogP contribution in [0.2, 0.25) is 0 Å². The van der Waals surface area contributed by atoms with Crippen LogP contribution in [0.4, 0.5) is 4.39 Å². The van der Waals surface area contributed by atoms with E-state index in [2.05, 4.69) is 5.32 Å². The monoisotopic (exact) mass is 274 g/mol. The quantitative estimate of drug-likeness (QED) is 0.914. The molecule has 0 spiro atoms. The van der Waals surface area contributed by atoms with E-state index < -0.39 is 0 Å². The van der Waals surface area contributed by atoms with E-state index >= 15 is 0 Å². The largest absolute Gasteiger partial charge is 0.350 e. The first-order chi connectivity index (χ1) is 9.40. The molecule has 0 unspecified atom stereocenters. The number of hydrogen-bond donors (Lipinski definition) is 1. The summed E-state index contributed by atoms with van der Waals surface area (Å²) in [4.78, 5) is 12.1. The average Bonchev–Trinajstić information content (AvgIpc) is 2.66. The molecule has 1 aromatic carbocycles. The van der Waals surface area contributed by atoms with E-state index in [0.29, 0.717) is 5.56 Å². The highest BCUT2D eigenvalue weighted by Crippen LogP contribution is 2.21. The third-order valence-electron chi connectivity index (χ3n) is 3.18. The van der Waals surface area contributed by atoms with Crippen molar-refractivity contribution in [3.05, 3.63) is 53.1 Å². The van der Waals surface area contributed by atoms with Crippen LogP contribution in [0, 0.1) is 19.7 Å². The van der Waals surface area contributed by atoms with Crippen LogP contribution in [0.1, 0.15) is 35.6 Å². The van der Waals surface area contributed by atoms with Crippen LogP contribution in [0.25, 0.3) is 5.69 Å². The molecule has 1 aromatic heterocycles. The summed E-state index contributed by atoms with van der Waals surface area (Å²) in [5, 5.41) is 2.89. The van der Waals surface area contributed by atoms with Crippen LogP contribution < -0.4 is 5.32 Å². The van der Waals surface area contributed by atoms with Crippen molar-refractivity contribution in [2.45, 2.75) is 33.7 Å². The van der Waals surface area contributed by atoms with Crippen molar-refractivity contribution < 1.29 is 9.18 Å². The Morgan fingerprint density at radius 1 is 1.20 bits per heavy atom. The zero-order chi connectivity index (χ0) is 14.9. The maximum Gasteiger partial charge on any atom is 0.253 e. The first-order valence-corrected chi connectivity index (χ1v) is 6.66. The molecule has 20 heavy (non-hydrogen) atoms. The summed E-state index contributed by atoms with van der Waals surface area (Å²) in [6.45, 7) is 7.68. The number of benzene rings is 1. The minimum Gasteiger partial charge on any atom is -0.350 e. The number of halogens is 1. The van der Waals surface area contributed by atoms with E-state index in [1.54, 1.807) is 12.1 Å².